The van der Waals surface area contributed by atoms with Crippen LogP contribution in [0, 0.1) is 0 Å². The van der Waals surface area contributed by atoms with E-state index in [0.29, 0.717) is 6.54 Å². The zero-order valence-electron chi connectivity index (χ0n) is 8.92. The Labute approximate surface area is 86.5 Å². The third-order valence-corrected chi connectivity index (χ3v) is 2.25. The number of unbranched alkanes of at least 4 members (excludes halogenated alkanes) is 1. The van der Waals surface area contributed by atoms with E-state index < -0.39 is 0 Å². The molecule has 0 aliphatic heterocycles. The standard InChI is InChI=1S/C12H20N2/c1-2-3-4-11-5-7-12(8-6-11)14-10-9-13/h5-8,14H,2-4,9-10,13H2,1H3. The molecule has 2 heteroatoms. The zero-order valence-corrected chi connectivity index (χ0v) is 8.92. The van der Waals surface area contributed by atoms with Crippen molar-refractivity contribution in [3.63, 3.8) is 0 Å². The van der Waals surface area contributed by atoms with Crippen molar-refractivity contribution in [2.24, 2.45) is 5.73 Å². The number of nitrogens with two attached hydrogens (primary N) is 1. The third kappa shape index (κ3) is 3.79. The molecule has 0 saturated carbocycles. The summed E-state index contributed by atoms with van der Waals surface area (Å²) in [4.78, 5) is 0. The van der Waals surface area contributed by atoms with Gasteiger partial charge in [0.25, 0.3) is 0 Å². The van der Waals surface area contributed by atoms with E-state index in [1.807, 2.05) is 0 Å². The van der Waals surface area contributed by atoms with Crippen LogP contribution in [0.25, 0.3) is 0 Å². The first-order chi connectivity index (χ1) is 6.86. The van der Waals surface area contributed by atoms with Gasteiger partial charge in [-0.05, 0) is 30.5 Å². The monoisotopic (exact) mass is 192 g/mol. The quantitative estimate of drug-likeness (QED) is 0.726. The summed E-state index contributed by atoms with van der Waals surface area (Å²) in [5.74, 6) is 0. The van der Waals surface area contributed by atoms with Crippen LogP contribution >= 0.6 is 0 Å². The highest BCUT2D eigenvalue weighted by atomic mass is 14.9. The van der Waals surface area contributed by atoms with Gasteiger partial charge in [-0.3, -0.25) is 0 Å². The fraction of sp³-hybridized carbons (Fsp3) is 0.500. The zero-order chi connectivity index (χ0) is 10.2. The van der Waals surface area contributed by atoms with Gasteiger partial charge in [-0.15, -0.1) is 0 Å². The summed E-state index contributed by atoms with van der Waals surface area (Å²) < 4.78 is 0. The van der Waals surface area contributed by atoms with Crippen LogP contribution in [0.3, 0.4) is 0 Å². The normalized spacial score (nSPS) is 10.1. The summed E-state index contributed by atoms with van der Waals surface area (Å²) in [6, 6.07) is 8.63. The molecule has 0 aromatic heterocycles. The number of hydrogen-bond donors (Lipinski definition) is 2. The number of rotatable bonds is 6. The van der Waals surface area contributed by atoms with Crippen LogP contribution in [0.2, 0.25) is 0 Å². The van der Waals surface area contributed by atoms with Crippen molar-refractivity contribution in [2.75, 3.05) is 18.4 Å². The minimum absolute atomic E-state index is 0.678. The predicted octanol–water partition coefficient (Wildman–Crippen LogP) is 2.40. The van der Waals surface area contributed by atoms with Gasteiger partial charge in [0.15, 0.2) is 0 Å². The van der Waals surface area contributed by atoms with Crippen molar-refractivity contribution in [3.05, 3.63) is 29.8 Å². The van der Waals surface area contributed by atoms with E-state index in [1.54, 1.807) is 0 Å². The van der Waals surface area contributed by atoms with Crippen LogP contribution in [0.1, 0.15) is 25.3 Å². The van der Waals surface area contributed by atoms with Crippen LogP contribution in [-0.4, -0.2) is 13.1 Å². The van der Waals surface area contributed by atoms with E-state index in [2.05, 4.69) is 36.5 Å². The smallest absolute Gasteiger partial charge is 0.0340 e. The first-order valence-corrected chi connectivity index (χ1v) is 5.39. The third-order valence-electron chi connectivity index (χ3n) is 2.25. The fourth-order valence-electron chi connectivity index (χ4n) is 1.39. The Morgan fingerprint density at radius 2 is 1.93 bits per heavy atom. The lowest BCUT2D eigenvalue weighted by Gasteiger charge is -2.05. The molecule has 0 spiro atoms. The van der Waals surface area contributed by atoms with E-state index >= 15 is 0 Å². The topological polar surface area (TPSA) is 38.0 Å². The molecule has 1 aromatic rings. The fourth-order valence-corrected chi connectivity index (χ4v) is 1.39. The molecule has 14 heavy (non-hydrogen) atoms. The van der Waals surface area contributed by atoms with Crippen LogP contribution in [0.4, 0.5) is 5.69 Å². The summed E-state index contributed by atoms with van der Waals surface area (Å²) in [5.41, 5.74) is 7.99. The Kier molecular flexibility index (Phi) is 5.08. The SMILES string of the molecule is CCCCc1ccc(NCCN)cc1. The lowest BCUT2D eigenvalue weighted by atomic mass is 10.1. The minimum atomic E-state index is 0.678. The van der Waals surface area contributed by atoms with E-state index in [9.17, 15) is 0 Å². The van der Waals surface area contributed by atoms with Gasteiger partial charge in [-0.25, -0.2) is 0 Å². The largest absolute Gasteiger partial charge is 0.384 e. The molecule has 2 nitrogen and oxygen atoms in total. The highest BCUT2D eigenvalue weighted by Crippen LogP contribution is 2.11. The Hall–Kier alpha value is -1.02. The number of nitrogens with one attached hydrogen (secondary N) is 1. The summed E-state index contributed by atoms with van der Waals surface area (Å²) >= 11 is 0. The Balaban J connectivity index is 2.42. The average Bonchev–Trinajstić information content (AvgIpc) is 2.25. The van der Waals surface area contributed by atoms with E-state index in [0.717, 1.165) is 12.2 Å². The van der Waals surface area contributed by atoms with E-state index in [4.69, 9.17) is 5.73 Å². The number of hydrogen-bond acceptors (Lipinski definition) is 2. The number of benzene rings is 1. The second-order valence-corrected chi connectivity index (χ2v) is 3.52. The second-order valence-electron chi connectivity index (χ2n) is 3.52. The molecule has 0 aliphatic rings. The van der Waals surface area contributed by atoms with Crippen molar-refractivity contribution >= 4 is 5.69 Å². The van der Waals surface area contributed by atoms with Crippen molar-refractivity contribution in [3.8, 4) is 0 Å². The highest BCUT2D eigenvalue weighted by Gasteiger charge is 1.93. The Morgan fingerprint density at radius 1 is 1.21 bits per heavy atom. The molecular weight excluding hydrogens is 172 g/mol. The van der Waals surface area contributed by atoms with Crippen molar-refractivity contribution in [1.82, 2.24) is 0 Å². The molecule has 3 N–H and O–H groups in total. The second kappa shape index (κ2) is 6.44. The molecule has 0 aliphatic carbocycles. The molecular formula is C12H20N2. The lowest BCUT2D eigenvalue weighted by molar-refractivity contribution is 0.795. The molecule has 0 unspecified atom stereocenters. The molecule has 0 radical (unpaired) electrons. The molecule has 1 aromatic carbocycles. The maximum atomic E-state index is 5.41. The van der Waals surface area contributed by atoms with E-state index in [-0.39, 0.29) is 0 Å². The van der Waals surface area contributed by atoms with Crippen molar-refractivity contribution < 1.29 is 0 Å². The first kappa shape index (κ1) is 11.1. The molecule has 0 bridgehead atoms. The van der Waals surface area contributed by atoms with Crippen LogP contribution in [0.15, 0.2) is 24.3 Å². The highest BCUT2D eigenvalue weighted by molar-refractivity contribution is 5.44. The van der Waals surface area contributed by atoms with Gasteiger partial charge in [0.2, 0.25) is 0 Å². The number of aryl methyl sites for hydroxylation is 1. The summed E-state index contributed by atoms with van der Waals surface area (Å²) in [5, 5.41) is 3.25. The van der Waals surface area contributed by atoms with Gasteiger partial charge in [-0.2, -0.15) is 0 Å². The van der Waals surface area contributed by atoms with Crippen molar-refractivity contribution in [2.45, 2.75) is 26.2 Å². The summed E-state index contributed by atoms with van der Waals surface area (Å²) in [6.07, 6.45) is 3.72. The van der Waals surface area contributed by atoms with Crippen molar-refractivity contribution in [1.29, 1.82) is 0 Å². The molecule has 0 heterocycles. The molecule has 0 atom stereocenters. The molecule has 1 rings (SSSR count). The average molecular weight is 192 g/mol. The summed E-state index contributed by atoms with van der Waals surface area (Å²) in [7, 11) is 0. The van der Waals surface area contributed by atoms with E-state index in [1.165, 1.54) is 24.8 Å². The first-order valence-electron chi connectivity index (χ1n) is 5.39. The molecule has 0 saturated heterocycles. The minimum Gasteiger partial charge on any atom is -0.384 e. The Bertz CT molecular complexity index is 214. The van der Waals surface area contributed by atoms with Crippen LogP contribution < -0.4 is 11.1 Å². The van der Waals surface area contributed by atoms with Gasteiger partial charge in [0.1, 0.15) is 0 Å². The van der Waals surface area contributed by atoms with Gasteiger partial charge >= 0.3 is 0 Å². The van der Waals surface area contributed by atoms with Crippen LogP contribution in [0.5, 0.6) is 0 Å². The maximum Gasteiger partial charge on any atom is 0.0340 e. The predicted molar refractivity (Wildman–Crippen MR) is 62.6 cm³/mol. The molecule has 78 valence electrons. The van der Waals surface area contributed by atoms with Gasteiger partial charge in [0, 0.05) is 18.8 Å². The van der Waals surface area contributed by atoms with Gasteiger partial charge in [-0.1, -0.05) is 25.5 Å². The summed E-state index contributed by atoms with van der Waals surface area (Å²) in [6.45, 7) is 3.74. The maximum absolute atomic E-state index is 5.41. The Morgan fingerprint density at radius 3 is 2.50 bits per heavy atom. The molecule has 0 amide bonds. The lowest BCUT2D eigenvalue weighted by Crippen LogP contribution is -2.12. The number of anilines is 1. The van der Waals surface area contributed by atoms with Gasteiger partial charge < -0.3 is 11.1 Å². The van der Waals surface area contributed by atoms with Gasteiger partial charge in [0.05, 0.1) is 0 Å². The molecule has 0 fully saturated rings. The van der Waals surface area contributed by atoms with Crippen LogP contribution in [-0.2, 0) is 6.42 Å².